The van der Waals surface area contributed by atoms with Crippen molar-refractivity contribution in [2.75, 3.05) is 0 Å². The molecule has 0 bridgehead atoms. The predicted octanol–water partition coefficient (Wildman–Crippen LogP) is 5.77. The SMILES string of the molecule is Clc1cccc(Cl)c1/C=C/c1nc2ccccc2s1. The summed E-state index contributed by atoms with van der Waals surface area (Å²) >= 11 is 13.9. The summed E-state index contributed by atoms with van der Waals surface area (Å²) in [7, 11) is 0. The molecule has 1 nitrogen and oxygen atoms in total. The van der Waals surface area contributed by atoms with Crippen LogP contribution < -0.4 is 0 Å². The molecule has 94 valence electrons. The number of benzene rings is 2. The van der Waals surface area contributed by atoms with E-state index in [2.05, 4.69) is 11.1 Å². The van der Waals surface area contributed by atoms with Crippen LogP contribution in [0.3, 0.4) is 0 Å². The molecule has 4 heteroatoms. The fourth-order valence-corrected chi connectivity index (χ4v) is 3.18. The molecule has 0 saturated carbocycles. The van der Waals surface area contributed by atoms with Gasteiger partial charge >= 0.3 is 0 Å². The van der Waals surface area contributed by atoms with Crippen LogP contribution in [0.25, 0.3) is 22.4 Å². The highest BCUT2D eigenvalue weighted by atomic mass is 35.5. The molecule has 3 aromatic rings. The zero-order valence-corrected chi connectivity index (χ0v) is 12.1. The molecule has 2 aromatic carbocycles. The zero-order valence-electron chi connectivity index (χ0n) is 9.81. The number of aromatic nitrogens is 1. The fraction of sp³-hybridized carbons (Fsp3) is 0. The second-order valence-electron chi connectivity index (χ2n) is 3.99. The summed E-state index contributed by atoms with van der Waals surface area (Å²) in [5.41, 5.74) is 1.84. The highest BCUT2D eigenvalue weighted by Crippen LogP contribution is 2.28. The number of rotatable bonds is 2. The third kappa shape index (κ3) is 2.66. The Balaban J connectivity index is 1.98. The van der Waals surface area contributed by atoms with Crippen molar-refractivity contribution in [3.8, 4) is 0 Å². The zero-order chi connectivity index (χ0) is 13.2. The molecule has 0 unspecified atom stereocenters. The topological polar surface area (TPSA) is 12.9 Å². The summed E-state index contributed by atoms with van der Waals surface area (Å²) in [6.45, 7) is 0. The molecule has 1 aromatic heterocycles. The second-order valence-corrected chi connectivity index (χ2v) is 5.87. The molecule has 0 amide bonds. The number of thiazole rings is 1. The van der Waals surface area contributed by atoms with E-state index in [0.29, 0.717) is 10.0 Å². The summed E-state index contributed by atoms with van der Waals surface area (Å²) in [4.78, 5) is 4.53. The molecule has 1 heterocycles. The first-order valence-electron chi connectivity index (χ1n) is 5.72. The number of para-hydroxylation sites is 1. The number of nitrogens with zero attached hydrogens (tertiary/aromatic N) is 1. The Morgan fingerprint density at radius 1 is 0.895 bits per heavy atom. The lowest BCUT2D eigenvalue weighted by Crippen LogP contribution is -1.77. The van der Waals surface area contributed by atoms with Crippen LogP contribution in [0.15, 0.2) is 42.5 Å². The van der Waals surface area contributed by atoms with Gasteiger partial charge in [-0.15, -0.1) is 11.3 Å². The molecule has 0 saturated heterocycles. The first-order valence-corrected chi connectivity index (χ1v) is 7.29. The van der Waals surface area contributed by atoms with Crippen molar-refractivity contribution in [2.45, 2.75) is 0 Å². The van der Waals surface area contributed by atoms with Crippen LogP contribution in [-0.4, -0.2) is 4.98 Å². The van der Waals surface area contributed by atoms with E-state index in [1.165, 1.54) is 4.70 Å². The van der Waals surface area contributed by atoms with Crippen LogP contribution in [0.5, 0.6) is 0 Å². The number of hydrogen-bond donors (Lipinski definition) is 0. The molecule has 0 fully saturated rings. The van der Waals surface area contributed by atoms with E-state index in [9.17, 15) is 0 Å². The van der Waals surface area contributed by atoms with Gasteiger partial charge in [0.2, 0.25) is 0 Å². The molecule has 0 N–H and O–H groups in total. The molecule has 0 spiro atoms. The summed E-state index contributed by atoms with van der Waals surface area (Å²) in [5.74, 6) is 0. The second kappa shape index (κ2) is 5.33. The molecule has 0 aliphatic carbocycles. The van der Waals surface area contributed by atoms with Crippen molar-refractivity contribution in [2.24, 2.45) is 0 Å². The first-order chi connectivity index (χ1) is 9.24. The largest absolute Gasteiger partial charge is 0.237 e. The normalized spacial score (nSPS) is 11.5. The van der Waals surface area contributed by atoms with Crippen LogP contribution in [0.4, 0.5) is 0 Å². The number of fused-ring (bicyclic) bond motifs is 1. The quantitative estimate of drug-likeness (QED) is 0.585. The molecular formula is C15H9Cl2NS. The van der Waals surface area contributed by atoms with Gasteiger partial charge in [-0.05, 0) is 36.4 Å². The molecule has 0 aliphatic heterocycles. The smallest absolute Gasteiger partial charge is 0.117 e. The van der Waals surface area contributed by atoms with Crippen molar-refractivity contribution in [1.29, 1.82) is 0 Å². The average molecular weight is 306 g/mol. The van der Waals surface area contributed by atoms with E-state index < -0.39 is 0 Å². The van der Waals surface area contributed by atoms with Crippen LogP contribution in [0, 0.1) is 0 Å². The standard InChI is InChI=1S/C15H9Cl2NS/c16-11-4-3-5-12(17)10(11)8-9-15-18-13-6-1-2-7-14(13)19-15/h1-9H/b9-8+. The van der Waals surface area contributed by atoms with Crippen LogP contribution in [0.2, 0.25) is 10.0 Å². The van der Waals surface area contributed by atoms with Gasteiger partial charge < -0.3 is 0 Å². The first kappa shape index (κ1) is 12.7. The van der Waals surface area contributed by atoms with Crippen LogP contribution >= 0.6 is 34.5 Å². The van der Waals surface area contributed by atoms with Gasteiger partial charge in [-0.3, -0.25) is 0 Å². The van der Waals surface area contributed by atoms with E-state index in [4.69, 9.17) is 23.2 Å². The minimum absolute atomic E-state index is 0.643. The maximum absolute atomic E-state index is 6.12. The van der Waals surface area contributed by atoms with Gasteiger partial charge in [-0.25, -0.2) is 4.98 Å². The predicted molar refractivity (Wildman–Crippen MR) is 85.0 cm³/mol. The maximum Gasteiger partial charge on any atom is 0.117 e. The summed E-state index contributed by atoms with van der Waals surface area (Å²) in [6.07, 6.45) is 3.85. The van der Waals surface area contributed by atoms with Gasteiger partial charge in [0.05, 0.1) is 10.2 Å². The maximum atomic E-state index is 6.12. The lowest BCUT2D eigenvalue weighted by atomic mass is 10.2. The van der Waals surface area contributed by atoms with Crippen molar-refractivity contribution >= 4 is 56.9 Å². The Morgan fingerprint density at radius 2 is 1.63 bits per heavy atom. The average Bonchev–Trinajstić information content (AvgIpc) is 2.81. The van der Waals surface area contributed by atoms with E-state index >= 15 is 0 Å². The molecule has 0 radical (unpaired) electrons. The highest BCUT2D eigenvalue weighted by molar-refractivity contribution is 7.19. The summed E-state index contributed by atoms with van der Waals surface area (Å²) < 4.78 is 1.17. The number of halogens is 2. The lowest BCUT2D eigenvalue weighted by Gasteiger charge is -1.99. The van der Waals surface area contributed by atoms with Crippen LogP contribution in [0.1, 0.15) is 10.6 Å². The fourth-order valence-electron chi connectivity index (χ4n) is 1.79. The van der Waals surface area contributed by atoms with Crippen molar-refractivity contribution in [3.05, 3.63) is 63.1 Å². The van der Waals surface area contributed by atoms with E-state index in [1.807, 2.05) is 48.6 Å². The number of hydrogen-bond acceptors (Lipinski definition) is 2. The van der Waals surface area contributed by atoms with Gasteiger partial charge in [-0.1, -0.05) is 41.4 Å². The minimum atomic E-state index is 0.643. The van der Waals surface area contributed by atoms with Crippen LogP contribution in [-0.2, 0) is 0 Å². The molecular weight excluding hydrogens is 297 g/mol. The van der Waals surface area contributed by atoms with Gasteiger partial charge in [0.1, 0.15) is 5.01 Å². The lowest BCUT2D eigenvalue weighted by molar-refractivity contribution is 1.46. The van der Waals surface area contributed by atoms with Gasteiger partial charge in [0.25, 0.3) is 0 Å². The molecule has 3 rings (SSSR count). The molecule has 0 aliphatic rings. The Labute approximate surface area is 125 Å². The van der Waals surface area contributed by atoms with E-state index in [1.54, 1.807) is 11.3 Å². The third-order valence-electron chi connectivity index (χ3n) is 2.70. The monoisotopic (exact) mass is 305 g/mol. The van der Waals surface area contributed by atoms with Gasteiger partial charge in [-0.2, -0.15) is 0 Å². The van der Waals surface area contributed by atoms with Crippen molar-refractivity contribution in [3.63, 3.8) is 0 Å². The van der Waals surface area contributed by atoms with E-state index in [0.717, 1.165) is 16.1 Å². The summed E-state index contributed by atoms with van der Waals surface area (Å²) in [6, 6.07) is 13.6. The Bertz CT molecular complexity index is 708. The Kier molecular flexibility index (Phi) is 3.56. The van der Waals surface area contributed by atoms with Gasteiger partial charge in [0.15, 0.2) is 0 Å². The Morgan fingerprint density at radius 3 is 2.37 bits per heavy atom. The highest BCUT2D eigenvalue weighted by Gasteiger charge is 2.03. The summed E-state index contributed by atoms with van der Waals surface area (Å²) in [5, 5.41) is 2.23. The molecule has 0 atom stereocenters. The van der Waals surface area contributed by atoms with Gasteiger partial charge in [0, 0.05) is 15.6 Å². The van der Waals surface area contributed by atoms with E-state index in [-0.39, 0.29) is 0 Å². The van der Waals surface area contributed by atoms with Crippen molar-refractivity contribution < 1.29 is 0 Å². The van der Waals surface area contributed by atoms with Crippen molar-refractivity contribution in [1.82, 2.24) is 4.98 Å². The minimum Gasteiger partial charge on any atom is -0.237 e. The Hall–Kier alpha value is -1.35. The third-order valence-corrected chi connectivity index (χ3v) is 4.36. The molecule has 19 heavy (non-hydrogen) atoms.